The molecule has 5 nitrogen and oxygen atoms in total. The summed E-state index contributed by atoms with van der Waals surface area (Å²) in [6.45, 7) is 0.818. The van der Waals surface area contributed by atoms with Crippen LogP contribution in [-0.2, 0) is 0 Å². The van der Waals surface area contributed by atoms with E-state index in [9.17, 15) is 13.6 Å². The first-order chi connectivity index (χ1) is 12.6. The molecule has 0 spiro atoms. The highest BCUT2D eigenvalue weighted by molar-refractivity contribution is 7.13. The van der Waals surface area contributed by atoms with Crippen molar-refractivity contribution in [2.24, 2.45) is 0 Å². The van der Waals surface area contributed by atoms with Crippen LogP contribution in [0.3, 0.4) is 0 Å². The molecule has 1 aliphatic heterocycles. The van der Waals surface area contributed by atoms with E-state index >= 15 is 0 Å². The summed E-state index contributed by atoms with van der Waals surface area (Å²) in [6.07, 6.45) is 1.52. The Morgan fingerprint density at radius 3 is 3.00 bits per heavy atom. The van der Waals surface area contributed by atoms with E-state index in [-0.39, 0.29) is 11.5 Å². The molecule has 3 heterocycles. The van der Waals surface area contributed by atoms with Crippen LogP contribution in [0, 0.1) is 11.6 Å². The van der Waals surface area contributed by atoms with Crippen LogP contribution in [0.4, 0.5) is 8.78 Å². The van der Waals surface area contributed by atoms with Gasteiger partial charge in [0.25, 0.3) is 5.91 Å². The maximum Gasteiger partial charge on any atom is 0.256 e. The zero-order chi connectivity index (χ0) is 18.1. The number of amides is 1. The quantitative estimate of drug-likeness (QED) is 0.692. The molecule has 1 unspecified atom stereocenters. The molecule has 0 bridgehead atoms. The number of hydrogen-bond acceptors (Lipinski definition) is 5. The van der Waals surface area contributed by atoms with Gasteiger partial charge in [-0.1, -0.05) is 11.2 Å². The molecule has 8 heteroatoms. The average molecular weight is 375 g/mol. The van der Waals surface area contributed by atoms with Crippen molar-refractivity contribution in [2.75, 3.05) is 13.1 Å². The number of benzene rings is 1. The van der Waals surface area contributed by atoms with Crippen LogP contribution < -0.4 is 0 Å². The first-order valence-electron chi connectivity index (χ1n) is 8.23. The van der Waals surface area contributed by atoms with Gasteiger partial charge in [-0.05, 0) is 42.5 Å². The van der Waals surface area contributed by atoms with Crippen LogP contribution in [0.2, 0.25) is 0 Å². The fraction of sp³-hybridized carbons (Fsp3) is 0.278. The first kappa shape index (κ1) is 16.8. The third kappa shape index (κ3) is 3.24. The summed E-state index contributed by atoms with van der Waals surface area (Å²) >= 11 is 1.51. The Kier molecular flexibility index (Phi) is 4.50. The van der Waals surface area contributed by atoms with Crippen molar-refractivity contribution in [3.63, 3.8) is 0 Å². The molecule has 0 N–H and O–H groups in total. The standard InChI is InChI=1S/C18H15F2N3O2S/c19-12-5-6-14(20)13(9-12)18(24)23-7-1-3-11(10-23)17-21-16(22-25-17)15-4-2-8-26-15/h2,4-6,8-9,11H,1,3,7,10H2. The van der Waals surface area contributed by atoms with Gasteiger partial charge in [0.1, 0.15) is 11.6 Å². The third-order valence-corrected chi connectivity index (χ3v) is 5.27. The number of halogens is 2. The van der Waals surface area contributed by atoms with E-state index in [1.54, 1.807) is 0 Å². The van der Waals surface area contributed by atoms with E-state index in [1.807, 2.05) is 17.5 Å². The largest absolute Gasteiger partial charge is 0.339 e. The van der Waals surface area contributed by atoms with Crippen molar-refractivity contribution in [3.05, 3.63) is 58.8 Å². The molecule has 26 heavy (non-hydrogen) atoms. The molecule has 1 atom stereocenters. The number of likely N-dealkylation sites (tertiary alicyclic amines) is 1. The highest BCUT2D eigenvalue weighted by Gasteiger charge is 2.30. The third-order valence-electron chi connectivity index (χ3n) is 4.40. The lowest BCUT2D eigenvalue weighted by Crippen LogP contribution is -2.39. The molecular formula is C18H15F2N3O2S. The topological polar surface area (TPSA) is 59.2 Å². The highest BCUT2D eigenvalue weighted by Crippen LogP contribution is 2.29. The van der Waals surface area contributed by atoms with E-state index < -0.39 is 17.5 Å². The zero-order valence-electron chi connectivity index (χ0n) is 13.7. The van der Waals surface area contributed by atoms with Crippen LogP contribution in [-0.4, -0.2) is 34.0 Å². The van der Waals surface area contributed by atoms with Crippen LogP contribution in [0.15, 0.2) is 40.2 Å². The summed E-state index contributed by atoms with van der Waals surface area (Å²) in [7, 11) is 0. The lowest BCUT2D eigenvalue weighted by molar-refractivity contribution is 0.0690. The monoisotopic (exact) mass is 375 g/mol. The Morgan fingerprint density at radius 2 is 2.19 bits per heavy atom. The number of carbonyl (C=O) groups is 1. The van der Waals surface area contributed by atoms with Crippen molar-refractivity contribution in [1.82, 2.24) is 15.0 Å². The minimum Gasteiger partial charge on any atom is -0.339 e. The van der Waals surface area contributed by atoms with Gasteiger partial charge in [0, 0.05) is 13.1 Å². The van der Waals surface area contributed by atoms with Gasteiger partial charge in [0.2, 0.25) is 11.7 Å². The number of rotatable bonds is 3. The fourth-order valence-corrected chi connectivity index (χ4v) is 3.75. The van der Waals surface area contributed by atoms with Crippen molar-refractivity contribution in [3.8, 4) is 10.7 Å². The summed E-state index contributed by atoms with van der Waals surface area (Å²) in [6, 6.07) is 6.71. The minimum atomic E-state index is -0.726. The van der Waals surface area contributed by atoms with Gasteiger partial charge in [-0.25, -0.2) is 8.78 Å². The molecule has 0 saturated carbocycles. The van der Waals surface area contributed by atoms with Gasteiger partial charge in [-0.15, -0.1) is 11.3 Å². The predicted molar refractivity (Wildman–Crippen MR) is 91.8 cm³/mol. The van der Waals surface area contributed by atoms with Crippen LogP contribution >= 0.6 is 11.3 Å². The Bertz CT molecular complexity index is 926. The van der Waals surface area contributed by atoms with Crippen LogP contribution in [0.25, 0.3) is 10.7 Å². The van der Waals surface area contributed by atoms with Crippen molar-refractivity contribution in [1.29, 1.82) is 0 Å². The smallest absolute Gasteiger partial charge is 0.256 e. The summed E-state index contributed by atoms with van der Waals surface area (Å²) < 4.78 is 32.7. The molecule has 1 amide bonds. The maximum atomic E-state index is 13.9. The maximum absolute atomic E-state index is 13.9. The molecule has 0 aliphatic carbocycles. The minimum absolute atomic E-state index is 0.120. The van der Waals surface area contributed by atoms with Gasteiger partial charge in [-0.3, -0.25) is 4.79 Å². The SMILES string of the molecule is O=C(c1cc(F)ccc1F)N1CCCC(c2nc(-c3cccs3)no2)C1. The van der Waals surface area contributed by atoms with Gasteiger partial charge < -0.3 is 9.42 Å². The molecule has 1 saturated heterocycles. The van der Waals surface area contributed by atoms with Crippen molar-refractivity contribution >= 4 is 17.2 Å². The molecule has 1 aliphatic rings. The highest BCUT2D eigenvalue weighted by atomic mass is 32.1. The number of thiophene rings is 1. The van der Waals surface area contributed by atoms with E-state index in [1.165, 1.54) is 16.2 Å². The molecule has 0 radical (unpaired) electrons. The van der Waals surface area contributed by atoms with Gasteiger partial charge in [0.15, 0.2) is 0 Å². The second kappa shape index (κ2) is 6.95. The predicted octanol–water partition coefficient (Wildman–Crippen LogP) is 4.10. The molecular weight excluding hydrogens is 360 g/mol. The molecule has 2 aromatic heterocycles. The Morgan fingerprint density at radius 1 is 1.31 bits per heavy atom. The second-order valence-electron chi connectivity index (χ2n) is 6.15. The number of hydrogen-bond donors (Lipinski definition) is 0. The van der Waals surface area contributed by atoms with Gasteiger partial charge in [0.05, 0.1) is 16.4 Å². The summed E-state index contributed by atoms with van der Waals surface area (Å²) in [5.74, 6) is -1.02. The van der Waals surface area contributed by atoms with Crippen LogP contribution in [0.1, 0.15) is 35.0 Å². The summed E-state index contributed by atoms with van der Waals surface area (Å²) in [4.78, 5) is 19.5. The summed E-state index contributed by atoms with van der Waals surface area (Å²) in [5.41, 5.74) is -0.254. The Labute approximate surface area is 152 Å². The fourth-order valence-electron chi connectivity index (χ4n) is 3.10. The molecule has 4 rings (SSSR count). The lowest BCUT2D eigenvalue weighted by Gasteiger charge is -2.31. The van der Waals surface area contributed by atoms with Gasteiger partial charge >= 0.3 is 0 Å². The second-order valence-corrected chi connectivity index (χ2v) is 7.10. The van der Waals surface area contributed by atoms with E-state index in [0.29, 0.717) is 24.8 Å². The Balaban J connectivity index is 1.52. The van der Waals surface area contributed by atoms with E-state index in [2.05, 4.69) is 10.1 Å². The van der Waals surface area contributed by atoms with E-state index in [4.69, 9.17) is 4.52 Å². The molecule has 134 valence electrons. The van der Waals surface area contributed by atoms with E-state index in [0.717, 1.165) is 35.9 Å². The molecule has 1 aromatic carbocycles. The number of nitrogens with zero attached hydrogens (tertiary/aromatic N) is 3. The number of piperidine rings is 1. The zero-order valence-corrected chi connectivity index (χ0v) is 14.5. The summed E-state index contributed by atoms with van der Waals surface area (Å²) in [5, 5.41) is 5.93. The van der Waals surface area contributed by atoms with Gasteiger partial charge in [-0.2, -0.15) is 4.98 Å². The Hall–Kier alpha value is -2.61. The van der Waals surface area contributed by atoms with Crippen LogP contribution in [0.5, 0.6) is 0 Å². The average Bonchev–Trinajstić information content (AvgIpc) is 3.34. The first-order valence-corrected chi connectivity index (χ1v) is 9.11. The van der Waals surface area contributed by atoms with Crippen molar-refractivity contribution < 1.29 is 18.1 Å². The number of aromatic nitrogens is 2. The molecule has 1 fully saturated rings. The number of carbonyl (C=O) groups excluding carboxylic acids is 1. The van der Waals surface area contributed by atoms with Crippen molar-refractivity contribution in [2.45, 2.75) is 18.8 Å². The molecule has 3 aromatic rings. The lowest BCUT2D eigenvalue weighted by atomic mass is 9.97. The normalized spacial score (nSPS) is 17.5.